The largest absolute Gasteiger partial charge is 0.339 e. The Balaban J connectivity index is 1.62. The van der Waals surface area contributed by atoms with Crippen LogP contribution in [0.2, 0.25) is 0 Å². The Morgan fingerprint density at radius 2 is 2.24 bits per heavy atom. The van der Waals surface area contributed by atoms with Gasteiger partial charge in [-0.2, -0.15) is 4.98 Å². The molecule has 1 heterocycles. The van der Waals surface area contributed by atoms with Gasteiger partial charge in [-0.15, -0.1) is 0 Å². The third kappa shape index (κ3) is 3.72. The number of hydrogen-bond donors (Lipinski definition) is 2. The fourth-order valence-corrected chi connectivity index (χ4v) is 2.03. The zero-order chi connectivity index (χ0) is 12.1. The summed E-state index contributed by atoms with van der Waals surface area (Å²) in [5.74, 6) is 1.18. The van der Waals surface area contributed by atoms with Crippen molar-refractivity contribution in [2.45, 2.75) is 45.1 Å². The minimum absolute atomic E-state index is 0.104. The number of urea groups is 1. The molecule has 1 saturated carbocycles. The summed E-state index contributed by atoms with van der Waals surface area (Å²) in [6, 6.07) is 0.244. The average molecular weight is 238 g/mol. The van der Waals surface area contributed by atoms with Gasteiger partial charge in [-0.25, -0.2) is 4.79 Å². The number of nitrogens with one attached hydrogen (secondary N) is 2. The van der Waals surface area contributed by atoms with E-state index in [9.17, 15) is 4.79 Å². The second-order valence-electron chi connectivity index (χ2n) is 4.37. The van der Waals surface area contributed by atoms with Gasteiger partial charge in [0.1, 0.15) is 0 Å². The topological polar surface area (TPSA) is 80.0 Å². The van der Waals surface area contributed by atoms with Gasteiger partial charge in [0.05, 0.1) is 0 Å². The highest BCUT2D eigenvalue weighted by Gasteiger charge is 2.16. The fourth-order valence-electron chi connectivity index (χ4n) is 2.03. The third-order valence-corrected chi connectivity index (χ3v) is 2.88. The highest BCUT2D eigenvalue weighted by Crippen LogP contribution is 2.17. The molecule has 2 rings (SSSR count). The van der Waals surface area contributed by atoms with Crippen molar-refractivity contribution < 1.29 is 9.32 Å². The van der Waals surface area contributed by atoms with Crippen molar-refractivity contribution in [3.8, 4) is 0 Å². The number of hydrogen-bond acceptors (Lipinski definition) is 4. The predicted molar refractivity (Wildman–Crippen MR) is 61.5 cm³/mol. The molecule has 6 heteroatoms. The zero-order valence-electron chi connectivity index (χ0n) is 10.0. The molecule has 1 aromatic heterocycles. The van der Waals surface area contributed by atoms with Crippen LogP contribution in [0.5, 0.6) is 0 Å². The Labute approximate surface area is 100 Å². The van der Waals surface area contributed by atoms with Crippen LogP contribution >= 0.6 is 0 Å². The van der Waals surface area contributed by atoms with E-state index in [2.05, 4.69) is 20.8 Å². The van der Waals surface area contributed by atoms with E-state index in [4.69, 9.17) is 4.52 Å². The van der Waals surface area contributed by atoms with Crippen molar-refractivity contribution in [2.75, 3.05) is 6.54 Å². The summed E-state index contributed by atoms with van der Waals surface area (Å²) in [4.78, 5) is 15.6. The lowest BCUT2D eigenvalue weighted by Gasteiger charge is -2.12. The van der Waals surface area contributed by atoms with Gasteiger partial charge in [-0.05, 0) is 19.8 Å². The minimum Gasteiger partial charge on any atom is -0.339 e. The molecule has 1 aliphatic rings. The first-order valence-electron chi connectivity index (χ1n) is 6.07. The average Bonchev–Trinajstić information content (AvgIpc) is 2.90. The second-order valence-corrected chi connectivity index (χ2v) is 4.37. The summed E-state index contributed by atoms with van der Waals surface area (Å²) in [7, 11) is 0. The Morgan fingerprint density at radius 3 is 2.88 bits per heavy atom. The van der Waals surface area contributed by atoms with Gasteiger partial charge in [0, 0.05) is 19.0 Å². The van der Waals surface area contributed by atoms with E-state index >= 15 is 0 Å². The maximum Gasteiger partial charge on any atom is 0.315 e. The summed E-state index contributed by atoms with van der Waals surface area (Å²) < 4.78 is 4.95. The highest BCUT2D eigenvalue weighted by atomic mass is 16.5. The quantitative estimate of drug-likeness (QED) is 0.825. The molecule has 17 heavy (non-hydrogen) atoms. The molecular weight excluding hydrogens is 220 g/mol. The molecule has 1 aromatic rings. The van der Waals surface area contributed by atoms with Gasteiger partial charge >= 0.3 is 6.03 Å². The maximum atomic E-state index is 11.5. The van der Waals surface area contributed by atoms with Crippen molar-refractivity contribution in [2.24, 2.45) is 0 Å². The first-order chi connectivity index (χ1) is 8.24. The summed E-state index contributed by atoms with van der Waals surface area (Å²) in [5, 5.41) is 9.43. The van der Waals surface area contributed by atoms with E-state index < -0.39 is 0 Å². The lowest BCUT2D eigenvalue weighted by molar-refractivity contribution is 0.237. The molecule has 2 N–H and O–H groups in total. The number of carbonyl (C=O) groups is 1. The van der Waals surface area contributed by atoms with Gasteiger partial charge in [0.2, 0.25) is 5.89 Å². The molecule has 0 aromatic carbocycles. The second kappa shape index (κ2) is 5.65. The summed E-state index contributed by atoms with van der Waals surface area (Å²) in [6.07, 6.45) is 5.18. The molecule has 0 radical (unpaired) electrons. The molecule has 0 aliphatic heterocycles. The van der Waals surface area contributed by atoms with Crippen LogP contribution in [0, 0.1) is 6.92 Å². The van der Waals surface area contributed by atoms with Crippen molar-refractivity contribution >= 4 is 6.03 Å². The Hall–Kier alpha value is -1.59. The summed E-state index contributed by atoms with van der Waals surface area (Å²) >= 11 is 0. The predicted octanol–water partition coefficient (Wildman–Crippen LogP) is 1.16. The molecule has 94 valence electrons. The van der Waals surface area contributed by atoms with Gasteiger partial charge < -0.3 is 15.2 Å². The monoisotopic (exact) mass is 238 g/mol. The fraction of sp³-hybridized carbons (Fsp3) is 0.727. The standard InChI is InChI=1S/C11H18N4O2/c1-8-13-10(17-15-8)6-7-12-11(16)14-9-4-2-3-5-9/h9H,2-7H2,1H3,(H2,12,14,16). The van der Waals surface area contributed by atoms with E-state index in [-0.39, 0.29) is 6.03 Å². The maximum absolute atomic E-state index is 11.5. The number of aryl methyl sites for hydroxylation is 1. The first-order valence-corrected chi connectivity index (χ1v) is 6.07. The number of carbonyl (C=O) groups excluding carboxylic acids is 1. The lowest BCUT2D eigenvalue weighted by atomic mass is 10.2. The number of amides is 2. The van der Waals surface area contributed by atoms with Gasteiger partial charge in [0.15, 0.2) is 5.82 Å². The Kier molecular flexibility index (Phi) is 3.95. The molecule has 6 nitrogen and oxygen atoms in total. The van der Waals surface area contributed by atoms with Gasteiger partial charge in [-0.1, -0.05) is 18.0 Å². The third-order valence-electron chi connectivity index (χ3n) is 2.88. The number of nitrogens with zero attached hydrogens (tertiary/aromatic N) is 2. The molecule has 1 fully saturated rings. The lowest BCUT2D eigenvalue weighted by Crippen LogP contribution is -2.41. The van der Waals surface area contributed by atoms with Crippen molar-refractivity contribution in [1.82, 2.24) is 20.8 Å². The van der Waals surface area contributed by atoms with Crippen molar-refractivity contribution in [3.05, 3.63) is 11.7 Å². The molecule has 0 saturated heterocycles. The first kappa shape index (κ1) is 11.9. The molecule has 0 unspecified atom stereocenters. The molecule has 0 bridgehead atoms. The van der Waals surface area contributed by atoms with E-state index in [0.717, 1.165) is 12.8 Å². The molecule has 0 atom stereocenters. The van der Waals surface area contributed by atoms with E-state index in [0.29, 0.717) is 30.7 Å². The smallest absolute Gasteiger partial charge is 0.315 e. The van der Waals surface area contributed by atoms with E-state index in [1.807, 2.05) is 0 Å². The van der Waals surface area contributed by atoms with Gasteiger partial charge in [-0.3, -0.25) is 0 Å². The SMILES string of the molecule is Cc1noc(CCNC(=O)NC2CCCC2)n1. The number of rotatable bonds is 4. The molecule has 0 spiro atoms. The van der Waals surface area contributed by atoms with E-state index in [1.54, 1.807) is 6.92 Å². The van der Waals surface area contributed by atoms with Crippen LogP contribution in [0.3, 0.4) is 0 Å². The highest BCUT2D eigenvalue weighted by molar-refractivity contribution is 5.74. The number of aromatic nitrogens is 2. The van der Waals surface area contributed by atoms with E-state index in [1.165, 1.54) is 12.8 Å². The zero-order valence-corrected chi connectivity index (χ0v) is 10.0. The minimum atomic E-state index is -0.104. The van der Waals surface area contributed by atoms with Crippen LogP contribution in [0.1, 0.15) is 37.4 Å². The summed E-state index contributed by atoms with van der Waals surface area (Å²) in [5.41, 5.74) is 0. The van der Waals surface area contributed by atoms with Crippen LogP contribution in [0.25, 0.3) is 0 Å². The summed E-state index contributed by atoms with van der Waals surface area (Å²) in [6.45, 7) is 2.29. The van der Waals surface area contributed by atoms with Crippen LogP contribution in [-0.2, 0) is 6.42 Å². The normalized spacial score (nSPS) is 16.1. The molecule has 1 aliphatic carbocycles. The Bertz CT molecular complexity index is 371. The van der Waals surface area contributed by atoms with Gasteiger partial charge in [0.25, 0.3) is 0 Å². The van der Waals surface area contributed by atoms with Crippen LogP contribution in [0.15, 0.2) is 4.52 Å². The van der Waals surface area contributed by atoms with Crippen LogP contribution < -0.4 is 10.6 Å². The van der Waals surface area contributed by atoms with Crippen LogP contribution in [-0.4, -0.2) is 28.8 Å². The molecular formula is C11H18N4O2. The Morgan fingerprint density at radius 1 is 1.47 bits per heavy atom. The van der Waals surface area contributed by atoms with Crippen molar-refractivity contribution in [1.29, 1.82) is 0 Å². The van der Waals surface area contributed by atoms with Crippen molar-refractivity contribution in [3.63, 3.8) is 0 Å². The molecule has 2 amide bonds. The van der Waals surface area contributed by atoms with Crippen LogP contribution in [0.4, 0.5) is 4.79 Å².